The second-order valence-corrected chi connectivity index (χ2v) is 5.94. The number of nitrogens with zero attached hydrogens (tertiary/aromatic N) is 2. The average molecular weight is 392 g/mol. The number of anilines is 1. The number of imidazole rings is 1. The van der Waals surface area contributed by atoms with Crippen LogP contribution in [0.1, 0.15) is 16.2 Å². The third-order valence-electron chi connectivity index (χ3n) is 3.47. The Balaban J connectivity index is 1.85. The maximum absolute atomic E-state index is 14.3. The number of aryl methyl sites for hydroxylation is 1. The number of carbonyl (C=O) groups excluding carboxylic acids is 1. The number of nitrogens with one attached hydrogen (secondary N) is 1. The van der Waals surface area contributed by atoms with Gasteiger partial charge in [-0.1, -0.05) is 0 Å². The summed E-state index contributed by atoms with van der Waals surface area (Å²) in [5.41, 5.74) is 0.896. The maximum atomic E-state index is 14.3. The molecule has 1 N–H and O–H groups in total. The van der Waals surface area contributed by atoms with Crippen LogP contribution in [0, 0.1) is 18.6 Å². The van der Waals surface area contributed by atoms with E-state index in [1.165, 1.54) is 24.3 Å². The maximum Gasteiger partial charge on any atom is 0.256 e. The second kappa shape index (κ2) is 6.52. The van der Waals surface area contributed by atoms with E-state index >= 15 is 0 Å². The van der Waals surface area contributed by atoms with Crippen molar-refractivity contribution in [1.29, 1.82) is 0 Å². The first-order valence-corrected chi connectivity index (χ1v) is 7.81. The van der Waals surface area contributed by atoms with Crippen molar-refractivity contribution in [3.8, 4) is 5.69 Å². The van der Waals surface area contributed by atoms with Gasteiger partial charge in [-0.2, -0.15) is 0 Å². The van der Waals surface area contributed by atoms with Crippen LogP contribution in [-0.4, -0.2) is 15.5 Å². The van der Waals surface area contributed by atoms with Crippen molar-refractivity contribution >= 4 is 27.5 Å². The Hall–Kier alpha value is -2.54. The number of aromatic nitrogens is 2. The second-order valence-electron chi connectivity index (χ2n) is 5.09. The number of halogens is 3. The molecule has 0 saturated heterocycles. The van der Waals surface area contributed by atoms with Crippen molar-refractivity contribution < 1.29 is 13.6 Å². The zero-order chi connectivity index (χ0) is 17.3. The Morgan fingerprint density at radius 2 is 2.00 bits per heavy atom. The van der Waals surface area contributed by atoms with E-state index in [9.17, 15) is 13.6 Å². The van der Waals surface area contributed by atoms with Crippen LogP contribution < -0.4 is 5.32 Å². The lowest BCUT2D eigenvalue weighted by Crippen LogP contribution is -2.13. The van der Waals surface area contributed by atoms with E-state index < -0.39 is 17.5 Å². The number of hydrogen-bond donors (Lipinski definition) is 1. The topological polar surface area (TPSA) is 46.9 Å². The third kappa shape index (κ3) is 3.21. The molecule has 0 aliphatic heterocycles. The molecule has 24 heavy (non-hydrogen) atoms. The molecule has 4 nitrogen and oxygen atoms in total. The Kier molecular flexibility index (Phi) is 4.44. The van der Waals surface area contributed by atoms with Crippen molar-refractivity contribution in [3.05, 3.63) is 76.3 Å². The minimum atomic E-state index is -0.493. The first-order valence-electron chi connectivity index (χ1n) is 7.02. The van der Waals surface area contributed by atoms with Gasteiger partial charge in [-0.25, -0.2) is 13.8 Å². The predicted octanol–water partition coefficient (Wildman–Crippen LogP) is 4.47. The Labute approximate surface area is 145 Å². The largest absolute Gasteiger partial charge is 0.322 e. The van der Waals surface area contributed by atoms with Crippen molar-refractivity contribution in [3.63, 3.8) is 0 Å². The summed E-state index contributed by atoms with van der Waals surface area (Å²) in [7, 11) is 0. The molecule has 0 atom stereocenters. The number of rotatable bonds is 3. The molecule has 0 bridgehead atoms. The lowest BCUT2D eigenvalue weighted by molar-refractivity contribution is 0.102. The minimum Gasteiger partial charge on any atom is -0.322 e. The molecule has 0 aliphatic carbocycles. The fourth-order valence-electron chi connectivity index (χ4n) is 2.28. The lowest BCUT2D eigenvalue weighted by atomic mass is 10.2. The molecule has 122 valence electrons. The summed E-state index contributed by atoms with van der Waals surface area (Å²) in [5, 5.41) is 2.59. The highest BCUT2D eigenvalue weighted by molar-refractivity contribution is 9.10. The van der Waals surface area contributed by atoms with E-state index in [0.29, 0.717) is 21.7 Å². The SMILES string of the molecule is Cc1nccn1-c1ccc(NC(=O)c2ccc(F)cc2Br)cc1F. The summed E-state index contributed by atoms with van der Waals surface area (Å²) in [4.78, 5) is 16.3. The quantitative estimate of drug-likeness (QED) is 0.715. The summed E-state index contributed by atoms with van der Waals surface area (Å²) < 4.78 is 29.3. The predicted molar refractivity (Wildman–Crippen MR) is 90.3 cm³/mol. The standard InChI is InChI=1S/C17H12BrF2N3O/c1-10-21-6-7-23(10)16-5-3-12(9-15(16)20)22-17(24)13-4-2-11(19)8-14(13)18/h2-9H,1H3,(H,22,24). The lowest BCUT2D eigenvalue weighted by Gasteiger charge is -2.10. The van der Waals surface area contributed by atoms with Gasteiger partial charge in [0.05, 0.1) is 11.3 Å². The van der Waals surface area contributed by atoms with E-state index in [0.717, 1.165) is 0 Å². The molecular formula is C17H12BrF2N3O. The molecule has 0 spiro atoms. The summed E-state index contributed by atoms with van der Waals surface area (Å²) >= 11 is 3.14. The molecule has 1 aromatic heterocycles. The van der Waals surface area contributed by atoms with Gasteiger partial charge in [0.15, 0.2) is 0 Å². The van der Waals surface area contributed by atoms with Crippen LogP contribution in [0.25, 0.3) is 5.69 Å². The number of amides is 1. The molecule has 0 fully saturated rings. The minimum absolute atomic E-state index is 0.256. The van der Waals surface area contributed by atoms with Crippen LogP contribution in [0.2, 0.25) is 0 Å². The van der Waals surface area contributed by atoms with E-state index in [2.05, 4.69) is 26.2 Å². The number of carbonyl (C=O) groups is 1. The highest BCUT2D eigenvalue weighted by Gasteiger charge is 2.13. The number of hydrogen-bond acceptors (Lipinski definition) is 2. The van der Waals surface area contributed by atoms with Crippen molar-refractivity contribution in [2.45, 2.75) is 6.92 Å². The summed E-state index contributed by atoms with van der Waals surface area (Å²) in [6, 6.07) is 8.11. The molecule has 7 heteroatoms. The van der Waals surface area contributed by atoms with Crippen LogP contribution in [0.4, 0.5) is 14.5 Å². The smallest absolute Gasteiger partial charge is 0.256 e. The van der Waals surface area contributed by atoms with Gasteiger partial charge in [-0.05, 0) is 59.3 Å². The average Bonchev–Trinajstić information content (AvgIpc) is 2.93. The van der Waals surface area contributed by atoms with Gasteiger partial charge in [-0.3, -0.25) is 4.79 Å². The molecule has 2 aromatic carbocycles. The summed E-state index contributed by atoms with van der Waals surface area (Å²) in [6.07, 6.45) is 3.23. The van der Waals surface area contributed by atoms with Crippen molar-refractivity contribution in [1.82, 2.24) is 9.55 Å². The highest BCUT2D eigenvalue weighted by atomic mass is 79.9. The van der Waals surface area contributed by atoms with Crippen LogP contribution in [0.5, 0.6) is 0 Å². The molecule has 1 amide bonds. The fraction of sp³-hybridized carbons (Fsp3) is 0.0588. The fourth-order valence-corrected chi connectivity index (χ4v) is 2.82. The van der Waals surface area contributed by atoms with Gasteiger partial charge in [0.25, 0.3) is 5.91 Å². The van der Waals surface area contributed by atoms with Crippen molar-refractivity contribution in [2.24, 2.45) is 0 Å². The van der Waals surface area contributed by atoms with E-state index in [4.69, 9.17) is 0 Å². The van der Waals surface area contributed by atoms with Gasteiger partial charge in [0, 0.05) is 22.6 Å². The first kappa shape index (κ1) is 16.3. The van der Waals surface area contributed by atoms with Gasteiger partial charge in [0.1, 0.15) is 17.5 Å². The molecule has 0 radical (unpaired) electrons. The molecule has 3 rings (SSSR count). The zero-order valence-corrected chi connectivity index (χ0v) is 14.1. The van der Waals surface area contributed by atoms with E-state index in [-0.39, 0.29) is 5.56 Å². The van der Waals surface area contributed by atoms with E-state index in [1.807, 2.05) is 0 Å². The zero-order valence-electron chi connectivity index (χ0n) is 12.6. The Morgan fingerprint density at radius 3 is 2.62 bits per heavy atom. The van der Waals surface area contributed by atoms with Gasteiger partial charge in [-0.15, -0.1) is 0 Å². The van der Waals surface area contributed by atoms with Crippen LogP contribution in [0.3, 0.4) is 0 Å². The molecular weight excluding hydrogens is 380 g/mol. The molecule has 0 unspecified atom stereocenters. The molecule has 0 saturated carbocycles. The monoisotopic (exact) mass is 391 g/mol. The highest BCUT2D eigenvalue weighted by Crippen LogP contribution is 2.22. The summed E-state index contributed by atoms with van der Waals surface area (Å²) in [6.45, 7) is 1.77. The van der Waals surface area contributed by atoms with Crippen molar-refractivity contribution in [2.75, 3.05) is 5.32 Å². The van der Waals surface area contributed by atoms with Gasteiger partial charge < -0.3 is 9.88 Å². The molecule has 1 heterocycles. The normalized spacial score (nSPS) is 10.7. The molecule has 3 aromatic rings. The third-order valence-corrected chi connectivity index (χ3v) is 4.12. The van der Waals surface area contributed by atoms with Crippen LogP contribution >= 0.6 is 15.9 Å². The molecule has 0 aliphatic rings. The van der Waals surface area contributed by atoms with Crippen LogP contribution in [-0.2, 0) is 0 Å². The van der Waals surface area contributed by atoms with E-state index in [1.54, 1.807) is 36.0 Å². The van der Waals surface area contributed by atoms with Crippen LogP contribution in [0.15, 0.2) is 53.3 Å². The summed E-state index contributed by atoms with van der Waals surface area (Å²) in [5.74, 6) is -0.759. The first-order chi connectivity index (χ1) is 11.5. The Morgan fingerprint density at radius 1 is 1.21 bits per heavy atom. The Bertz CT molecular complexity index is 924. The number of benzene rings is 2. The van der Waals surface area contributed by atoms with Gasteiger partial charge in [0.2, 0.25) is 0 Å². The van der Waals surface area contributed by atoms with Gasteiger partial charge >= 0.3 is 0 Å².